The van der Waals surface area contributed by atoms with Gasteiger partial charge in [0.25, 0.3) is 5.92 Å². The fourth-order valence-corrected chi connectivity index (χ4v) is 6.93. The van der Waals surface area contributed by atoms with Crippen LogP contribution >= 0.6 is 22.9 Å². The highest BCUT2D eigenvalue weighted by atomic mass is 35.5. The minimum absolute atomic E-state index is 0.0629. The summed E-state index contributed by atoms with van der Waals surface area (Å²) >= 11 is 7.40. The van der Waals surface area contributed by atoms with E-state index in [4.69, 9.17) is 16.3 Å². The summed E-state index contributed by atoms with van der Waals surface area (Å²) in [5, 5.41) is 4.54. The van der Waals surface area contributed by atoms with Crippen molar-refractivity contribution in [1.82, 2.24) is 14.8 Å². The van der Waals surface area contributed by atoms with Crippen LogP contribution in [0.1, 0.15) is 35.8 Å². The van der Waals surface area contributed by atoms with Gasteiger partial charge in [-0.3, -0.25) is 9.91 Å². The zero-order valence-electron chi connectivity index (χ0n) is 20.7. The molecule has 9 heteroatoms. The number of benzene rings is 1. The molecule has 2 aromatic rings. The molecule has 1 unspecified atom stereocenters. The van der Waals surface area contributed by atoms with Crippen molar-refractivity contribution in [3.05, 3.63) is 62.4 Å². The summed E-state index contributed by atoms with van der Waals surface area (Å²) in [6, 6.07) is 10.2. The first-order valence-corrected chi connectivity index (χ1v) is 13.3. The molecule has 0 radical (unpaired) electrons. The van der Waals surface area contributed by atoms with Gasteiger partial charge in [-0.1, -0.05) is 29.8 Å². The van der Waals surface area contributed by atoms with Gasteiger partial charge in [-0.2, -0.15) is 8.78 Å². The van der Waals surface area contributed by atoms with E-state index >= 15 is 0 Å². The Kier molecular flexibility index (Phi) is 6.74. The molecule has 1 spiro atoms. The molecule has 0 amide bonds. The zero-order chi connectivity index (χ0) is 25.0. The number of hydrogen-bond donors (Lipinski definition) is 0. The Morgan fingerprint density at radius 1 is 1.20 bits per heavy atom. The number of likely N-dealkylation sites (tertiary alicyclic amines) is 1. The van der Waals surface area contributed by atoms with Gasteiger partial charge >= 0.3 is 0 Å². The summed E-state index contributed by atoms with van der Waals surface area (Å²) in [6.07, 6.45) is 3.65. The molecule has 1 aromatic carbocycles. The Morgan fingerprint density at radius 3 is 2.63 bits per heavy atom. The van der Waals surface area contributed by atoms with E-state index < -0.39 is 18.1 Å². The number of hydrogen-bond acceptors (Lipinski definition) is 6. The summed E-state index contributed by atoms with van der Waals surface area (Å²) in [7, 11) is 6.30. The van der Waals surface area contributed by atoms with E-state index in [9.17, 15) is 8.78 Å². The van der Waals surface area contributed by atoms with Crippen LogP contribution in [0.2, 0.25) is 4.34 Å². The maximum Gasteiger partial charge on any atom is 0.297 e. The van der Waals surface area contributed by atoms with Crippen LogP contribution in [0.15, 0.2) is 42.1 Å². The summed E-state index contributed by atoms with van der Waals surface area (Å²) in [5.41, 5.74) is 3.24. The number of hydrazine groups is 1. The van der Waals surface area contributed by atoms with Gasteiger partial charge in [-0.25, -0.2) is 5.01 Å². The van der Waals surface area contributed by atoms with Crippen molar-refractivity contribution in [2.45, 2.75) is 43.9 Å². The Labute approximate surface area is 215 Å². The maximum atomic E-state index is 14.4. The van der Waals surface area contributed by atoms with Crippen LogP contribution in [-0.2, 0) is 22.8 Å². The topological polar surface area (TPSA) is 22.2 Å². The molecule has 3 aliphatic heterocycles. The largest absolute Gasteiger partial charge is 0.363 e. The number of piperidine rings is 1. The number of nitrogens with zero attached hydrogens (tertiary/aromatic N) is 4. The number of rotatable bonds is 5. The lowest BCUT2D eigenvalue weighted by atomic mass is 9.84. The molecule has 5 nitrogen and oxygen atoms in total. The van der Waals surface area contributed by atoms with Crippen LogP contribution in [0.5, 0.6) is 0 Å². The van der Waals surface area contributed by atoms with E-state index in [0.717, 1.165) is 26.2 Å². The fraction of sp³-hybridized carbons (Fsp3) is 0.538. The lowest BCUT2D eigenvalue weighted by Crippen LogP contribution is -2.49. The molecular formula is C26H33ClF2N4OS. The number of fused-ring (bicyclic) bond motifs is 2. The van der Waals surface area contributed by atoms with E-state index in [1.54, 1.807) is 0 Å². The molecule has 0 saturated carbocycles. The Hall–Kier alpha value is -1.55. The lowest BCUT2D eigenvalue weighted by Gasteiger charge is -2.45. The van der Waals surface area contributed by atoms with Crippen molar-refractivity contribution in [1.29, 1.82) is 0 Å². The lowest BCUT2D eigenvalue weighted by molar-refractivity contribution is -0.181. The van der Waals surface area contributed by atoms with Gasteiger partial charge in [-0.15, -0.1) is 11.3 Å². The summed E-state index contributed by atoms with van der Waals surface area (Å²) in [6.45, 7) is 4.98. The third-order valence-electron chi connectivity index (χ3n) is 7.56. The number of para-hydroxylation sites is 1. The standard InChI is InChI=1S/C26H33ClF2N4OS/c1-18-20(16-33(31(18)4)22-8-6-5-7-19(22)14-30(2)3)15-32-11-9-25(10-12-32)24-21(13-23(27)35-24)26(28,29)17-34-25/h5-8,13,16,18H,9-12,14-15,17H2,1-4H3. The highest BCUT2D eigenvalue weighted by molar-refractivity contribution is 7.16. The maximum absolute atomic E-state index is 14.4. The van der Waals surface area contributed by atoms with Crippen molar-refractivity contribution in [2.24, 2.45) is 0 Å². The predicted octanol–water partition coefficient (Wildman–Crippen LogP) is 5.52. The van der Waals surface area contributed by atoms with Gasteiger partial charge < -0.3 is 9.64 Å². The molecule has 190 valence electrons. The normalized spacial score (nSPS) is 24.3. The van der Waals surface area contributed by atoms with Crippen molar-refractivity contribution < 1.29 is 13.5 Å². The number of thiophene rings is 1. The number of alkyl halides is 2. The average Bonchev–Trinajstić information content (AvgIpc) is 3.35. The third-order valence-corrected chi connectivity index (χ3v) is 9.01. The van der Waals surface area contributed by atoms with Gasteiger partial charge in [0.1, 0.15) is 12.2 Å². The minimum atomic E-state index is -2.97. The summed E-state index contributed by atoms with van der Waals surface area (Å²) in [5.74, 6) is -2.97. The van der Waals surface area contributed by atoms with Gasteiger partial charge in [0.2, 0.25) is 0 Å². The Morgan fingerprint density at radius 2 is 1.91 bits per heavy atom. The van der Waals surface area contributed by atoms with E-state index in [2.05, 4.69) is 78.3 Å². The van der Waals surface area contributed by atoms with E-state index in [-0.39, 0.29) is 11.6 Å². The molecule has 1 fully saturated rings. The van der Waals surface area contributed by atoms with Crippen LogP contribution in [0.25, 0.3) is 0 Å². The quantitative estimate of drug-likeness (QED) is 0.514. The highest BCUT2D eigenvalue weighted by Crippen LogP contribution is 2.52. The van der Waals surface area contributed by atoms with Crippen molar-refractivity contribution >= 4 is 28.6 Å². The van der Waals surface area contributed by atoms with Crippen LogP contribution < -0.4 is 5.01 Å². The van der Waals surface area contributed by atoms with Gasteiger partial charge in [0, 0.05) is 49.9 Å². The first kappa shape index (κ1) is 25.1. The zero-order valence-corrected chi connectivity index (χ0v) is 22.3. The van der Waals surface area contributed by atoms with Gasteiger partial charge in [0.05, 0.1) is 16.1 Å². The van der Waals surface area contributed by atoms with E-state index in [1.807, 2.05) is 0 Å². The molecule has 1 atom stereocenters. The van der Waals surface area contributed by atoms with Crippen LogP contribution in [0, 0.1) is 0 Å². The molecule has 0 bridgehead atoms. The SMILES string of the molecule is CC1C(CN2CCC3(CC2)OCC(F)(F)c2cc(Cl)sc23)=CN(c2ccccc2CN(C)C)N1C. The molecule has 5 rings (SSSR count). The number of likely N-dealkylation sites (N-methyl/N-ethyl adjacent to an activating group) is 1. The molecular weight excluding hydrogens is 490 g/mol. The Bertz CT molecular complexity index is 1110. The van der Waals surface area contributed by atoms with Crippen LogP contribution in [0.4, 0.5) is 14.5 Å². The first-order chi connectivity index (χ1) is 16.6. The third kappa shape index (κ3) is 4.65. The molecule has 3 aliphatic rings. The molecule has 35 heavy (non-hydrogen) atoms. The number of halogens is 3. The highest BCUT2D eigenvalue weighted by Gasteiger charge is 2.51. The van der Waals surface area contributed by atoms with Crippen molar-refractivity contribution in [3.8, 4) is 0 Å². The van der Waals surface area contributed by atoms with Crippen LogP contribution in [0.3, 0.4) is 0 Å². The molecule has 0 aliphatic carbocycles. The van der Waals surface area contributed by atoms with Gasteiger partial charge in [0.15, 0.2) is 0 Å². The summed E-state index contributed by atoms with van der Waals surface area (Å²) < 4.78 is 35.2. The molecule has 1 aromatic heterocycles. The van der Waals surface area contributed by atoms with E-state index in [0.29, 0.717) is 22.1 Å². The smallest absolute Gasteiger partial charge is 0.297 e. The fourth-order valence-electron chi connectivity index (χ4n) is 5.45. The first-order valence-electron chi connectivity index (χ1n) is 12.1. The van der Waals surface area contributed by atoms with E-state index in [1.165, 1.54) is 34.2 Å². The van der Waals surface area contributed by atoms with Crippen LogP contribution in [-0.4, -0.2) is 68.2 Å². The second-order valence-corrected chi connectivity index (χ2v) is 11.9. The number of anilines is 1. The summed E-state index contributed by atoms with van der Waals surface area (Å²) in [4.78, 5) is 5.22. The monoisotopic (exact) mass is 522 g/mol. The van der Waals surface area contributed by atoms with Crippen molar-refractivity contribution in [3.63, 3.8) is 0 Å². The second-order valence-electron chi connectivity index (χ2n) is 10.2. The minimum Gasteiger partial charge on any atom is -0.363 e. The Balaban J connectivity index is 1.30. The van der Waals surface area contributed by atoms with Crippen molar-refractivity contribution in [2.75, 3.05) is 52.4 Å². The molecule has 4 heterocycles. The number of ether oxygens (including phenoxy) is 1. The average molecular weight is 523 g/mol. The predicted molar refractivity (Wildman–Crippen MR) is 138 cm³/mol. The second kappa shape index (κ2) is 9.39. The molecule has 0 N–H and O–H groups in total. The molecule has 1 saturated heterocycles. The van der Waals surface area contributed by atoms with Gasteiger partial charge in [-0.05, 0) is 57.1 Å².